The normalized spacial score (nSPS) is 11.1. The minimum absolute atomic E-state index is 0.0261. The van der Waals surface area contributed by atoms with Crippen LogP contribution in [0.15, 0.2) is 47.4 Å². The molecule has 5 nitrogen and oxygen atoms in total. The first kappa shape index (κ1) is 17.3. The zero-order valence-electron chi connectivity index (χ0n) is 12.7. The molecule has 122 valence electrons. The molecule has 0 saturated carbocycles. The molecule has 7 heteroatoms. The average molecular weight is 354 g/mol. The second-order valence-electron chi connectivity index (χ2n) is 4.84. The molecule has 23 heavy (non-hydrogen) atoms. The molecule has 0 unspecified atom stereocenters. The number of hydrogen-bond acceptors (Lipinski definition) is 4. The Hall–Kier alpha value is -2.05. The van der Waals surface area contributed by atoms with Crippen molar-refractivity contribution in [3.63, 3.8) is 0 Å². The maximum absolute atomic E-state index is 12.5. The van der Waals surface area contributed by atoms with Crippen molar-refractivity contribution in [2.75, 3.05) is 11.3 Å². The lowest BCUT2D eigenvalue weighted by atomic mass is 10.2. The first-order chi connectivity index (χ1) is 10.8. The van der Waals surface area contributed by atoms with E-state index in [1.165, 1.54) is 18.2 Å². The molecule has 0 saturated heterocycles. The van der Waals surface area contributed by atoms with E-state index in [0.717, 1.165) is 5.56 Å². The van der Waals surface area contributed by atoms with Gasteiger partial charge in [-0.3, -0.25) is 4.72 Å². The van der Waals surface area contributed by atoms with E-state index in [4.69, 9.17) is 16.3 Å². The van der Waals surface area contributed by atoms with Gasteiger partial charge in [0.25, 0.3) is 10.0 Å². The quantitative estimate of drug-likeness (QED) is 0.833. The summed E-state index contributed by atoms with van der Waals surface area (Å²) < 4.78 is 32.4. The first-order valence-corrected chi connectivity index (χ1v) is 8.76. The zero-order valence-corrected chi connectivity index (χ0v) is 14.2. The fraction of sp³-hybridized carbons (Fsp3) is 0.188. The number of benzene rings is 2. The topological polar surface area (TPSA) is 72.5 Å². The fourth-order valence-electron chi connectivity index (χ4n) is 1.97. The number of carbonyl (C=O) groups excluding carboxylic acids is 1. The lowest BCUT2D eigenvalue weighted by molar-refractivity contribution is 0.0526. The van der Waals surface area contributed by atoms with Crippen LogP contribution in [-0.2, 0) is 14.8 Å². The Bertz CT molecular complexity index is 834. The number of halogens is 1. The van der Waals surface area contributed by atoms with Crippen molar-refractivity contribution < 1.29 is 17.9 Å². The first-order valence-electron chi connectivity index (χ1n) is 6.89. The molecule has 2 aromatic rings. The van der Waals surface area contributed by atoms with Crippen molar-refractivity contribution >= 4 is 33.3 Å². The lowest BCUT2D eigenvalue weighted by Crippen LogP contribution is -2.15. The Balaban J connectivity index is 2.39. The van der Waals surface area contributed by atoms with Crippen LogP contribution in [0.3, 0.4) is 0 Å². The van der Waals surface area contributed by atoms with Crippen molar-refractivity contribution in [2.45, 2.75) is 18.7 Å². The summed E-state index contributed by atoms with van der Waals surface area (Å²) >= 11 is 5.99. The Morgan fingerprint density at radius 2 is 1.96 bits per heavy atom. The van der Waals surface area contributed by atoms with E-state index in [1.54, 1.807) is 25.1 Å². The van der Waals surface area contributed by atoms with E-state index < -0.39 is 16.0 Å². The molecular weight excluding hydrogens is 338 g/mol. The number of carbonyl (C=O) groups is 1. The lowest BCUT2D eigenvalue weighted by Gasteiger charge is -2.11. The molecule has 1 N–H and O–H groups in total. The van der Waals surface area contributed by atoms with Gasteiger partial charge in [-0.1, -0.05) is 23.7 Å². The Morgan fingerprint density at radius 1 is 1.22 bits per heavy atom. The number of nitrogens with one attached hydrogen (secondary N) is 1. The van der Waals surface area contributed by atoms with Gasteiger partial charge in [-0.2, -0.15) is 0 Å². The number of sulfonamides is 1. The monoisotopic (exact) mass is 353 g/mol. The Labute approximate surface area is 140 Å². The third-order valence-corrected chi connectivity index (χ3v) is 4.87. The summed E-state index contributed by atoms with van der Waals surface area (Å²) in [5, 5.41) is 0.0261. The highest BCUT2D eigenvalue weighted by atomic mass is 35.5. The largest absolute Gasteiger partial charge is 0.462 e. The van der Waals surface area contributed by atoms with Crippen molar-refractivity contribution in [2.24, 2.45) is 0 Å². The van der Waals surface area contributed by atoms with Crippen LogP contribution in [0.4, 0.5) is 5.69 Å². The summed E-state index contributed by atoms with van der Waals surface area (Å²) in [6.07, 6.45) is 0. The third kappa shape index (κ3) is 4.24. The number of anilines is 1. The van der Waals surface area contributed by atoms with Gasteiger partial charge in [-0.05, 0) is 49.7 Å². The summed E-state index contributed by atoms with van der Waals surface area (Å²) in [6, 6.07) is 10.9. The van der Waals surface area contributed by atoms with E-state index in [-0.39, 0.29) is 22.1 Å². The van der Waals surface area contributed by atoms with Gasteiger partial charge in [0.15, 0.2) is 0 Å². The van der Waals surface area contributed by atoms with Crippen molar-refractivity contribution in [3.8, 4) is 0 Å². The highest BCUT2D eigenvalue weighted by molar-refractivity contribution is 7.92. The predicted octanol–water partition coefficient (Wildman–Crippen LogP) is 3.63. The van der Waals surface area contributed by atoms with Crippen LogP contribution in [-0.4, -0.2) is 21.0 Å². The smallest absolute Gasteiger partial charge is 0.338 e. The van der Waals surface area contributed by atoms with Crippen molar-refractivity contribution in [1.82, 2.24) is 0 Å². The number of aryl methyl sites for hydroxylation is 1. The molecule has 2 rings (SSSR count). The van der Waals surface area contributed by atoms with Crippen molar-refractivity contribution in [1.29, 1.82) is 0 Å². The number of hydrogen-bond donors (Lipinski definition) is 1. The second-order valence-corrected chi connectivity index (χ2v) is 6.90. The molecular formula is C16H16ClNO4S. The highest BCUT2D eigenvalue weighted by Crippen LogP contribution is 2.25. The van der Waals surface area contributed by atoms with Gasteiger partial charge in [0, 0.05) is 5.69 Å². The summed E-state index contributed by atoms with van der Waals surface area (Å²) in [6.45, 7) is 3.72. The van der Waals surface area contributed by atoms with E-state index in [2.05, 4.69) is 4.72 Å². The summed E-state index contributed by atoms with van der Waals surface area (Å²) in [5.74, 6) is -0.601. The van der Waals surface area contributed by atoms with Crippen LogP contribution in [0.2, 0.25) is 5.02 Å². The number of esters is 1. The maximum Gasteiger partial charge on any atom is 0.338 e. The van der Waals surface area contributed by atoms with Crippen molar-refractivity contribution in [3.05, 3.63) is 58.6 Å². The third-order valence-electron chi connectivity index (χ3n) is 3.00. The molecule has 0 aliphatic carbocycles. The Kier molecular flexibility index (Phi) is 5.28. The second kappa shape index (κ2) is 7.02. The van der Waals surface area contributed by atoms with Crippen LogP contribution in [0.1, 0.15) is 22.8 Å². The van der Waals surface area contributed by atoms with Crippen LogP contribution >= 0.6 is 11.6 Å². The van der Waals surface area contributed by atoms with E-state index in [9.17, 15) is 13.2 Å². The molecule has 0 atom stereocenters. The fourth-order valence-corrected chi connectivity index (χ4v) is 3.55. The van der Waals surface area contributed by atoms with Gasteiger partial charge >= 0.3 is 5.97 Å². The summed E-state index contributed by atoms with van der Waals surface area (Å²) in [7, 11) is -3.92. The van der Waals surface area contributed by atoms with Crippen LogP contribution in [0, 0.1) is 6.92 Å². The molecule has 0 fully saturated rings. The van der Waals surface area contributed by atoms with Gasteiger partial charge in [-0.25, -0.2) is 13.2 Å². The molecule has 0 aliphatic heterocycles. The minimum atomic E-state index is -3.92. The molecule has 2 aromatic carbocycles. The number of rotatable bonds is 5. The van der Waals surface area contributed by atoms with Gasteiger partial charge in [0.1, 0.15) is 4.90 Å². The SMILES string of the molecule is CCOC(=O)c1ccc(Cl)c(S(=O)(=O)Nc2cccc(C)c2)c1. The standard InChI is InChI=1S/C16H16ClNO4S/c1-3-22-16(19)12-7-8-14(17)15(10-12)23(20,21)18-13-6-4-5-11(2)9-13/h4-10,18H,3H2,1-2H3. The molecule has 0 spiro atoms. The van der Waals surface area contributed by atoms with E-state index in [0.29, 0.717) is 5.69 Å². The molecule has 0 aromatic heterocycles. The maximum atomic E-state index is 12.5. The van der Waals surface area contributed by atoms with Gasteiger partial charge in [0.05, 0.1) is 17.2 Å². The van der Waals surface area contributed by atoms with Crippen LogP contribution < -0.4 is 4.72 Å². The minimum Gasteiger partial charge on any atom is -0.462 e. The van der Waals surface area contributed by atoms with E-state index in [1.807, 2.05) is 13.0 Å². The average Bonchev–Trinajstić information content (AvgIpc) is 2.47. The zero-order chi connectivity index (χ0) is 17.0. The van der Waals surface area contributed by atoms with Crippen LogP contribution in [0.25, 0.3) is 0 Å². The van der Waals surface area contributed by atoms with Crippen LogP contribution in [0.5, 0.6) is 0 Å². The summed E-state index contributed by atoms with van der Waals surface area (Å²) in [5.41, 5.74) is 1.46. The van der Waals surface area contributed by atoms with Gasteiger partial charge in [-0.15, -0.1) is 0 Å². The molecule has 0 heterocycles. The molecule has 0 bridgehead atoms. The Morgan fingerprint density at radius 3 is 2.61 bits per heavy atom. The van der Waals surface area contributed by atoms with Gasteiger partial charge in [0.2, 0.25) is 0 Å². The van der Waals surface area contributed by atoms with E-state index >= 15 is 0 Å². The molecule has 0 radical (unpaired) electrons. The predicted molar refractivity (Wildman–Crippen MR) is 89.4 cm³/mol. The number of ether oxygens (including phenoxy) is 1. The highest BCUT2D eigenvalue weighted by Gasteiger charge is 2.21. The summed E-state index contributed by atoms with van der Waals surface area (Å²) in [4.78, 5) is 11.6. The molecule has 0 aliphatic rings. The molecule has 0 amide bonds. The van der Waals surface area contributed by atoms with Gasteiger partial charge < -0.3 is 4.74 Å².